The molecule has 1 aromatic carbocycles. The van der Waals surface area contributed by atoms with Gasteiger partial charge >= 0.3 is 0 Å². The van der Waals surface area contributed by atoms with Crippen LogP contribution in [0.2, 0.25) is 18.1 Å². The molecule has 0 N–H and O–H groups in total. The molecule has 0 saturated carbocycles. The summed E-state index contributed by atoms with van der Waals surface area (Å²) in [6.07, 6.45) is 5.48. The Morgan fingerprint density at radius 2 is 1.88 bits per heavy atom. The van der Waals surface area contributed by atoms with Crippen molar-refractivity contribution < 1.29 is 4.74 Å². The Hall–Kier alpha value is -1.46. The van der Waals surface area contributed by atoms with E-state index in [1.807, 2.05) is 0 Å². The third-order valence-electron chi connectivity index (χ3n) is 5.30. The minimum absolute atomic E-state index is 0.302. The van der Waals surface area contributed by atoms with Crippen LogP contribution in [-0.2, 0) is 11.2 Å². The van der Waals surface area contributed by atoms with Crippen molar-refractivity contribution in [1.29, 1.82) is 0 Å². The van der Waals surface area contributed by atoms with Crippen LogP contribution >= 0.6 is 0 Å². The third kappa shape index (κ3) is 5.28. The molecule has 0 unspecified atom stereocenters. The van der Waals surface area contributed by atoms with E-state index in [9.17, 15) is 0 Å². The maximum Gasteiger partial charge on any atom is 0.138 e. The van der Waals surface area contributed by atoms with Gasteiger partial charge in [0.15, 0.2) is 0 Å². The Morgan fingerprint density at radius 3 is 2.46 bits per heavy atom. The van der Waals surface area contributed by atoms with Crippen molar-refractivity contribution in [2.75, 3.05) is 6.61 Å². The summed E-state index contributed by atoms with van der Waals surface area (Å²) in [5.74, 6) is 4.72. The van der Waals surface area contributed by atoms with Gasteiger partial charge in [0.05, 0.1) is 6.61 Å². The normalized spacial score (nSPS) is 17.0. The van der Waals surface area contributed by atoms with E-state index < -0.39 is 8.07 Å². The fraction of sp³-hybridized carbons (Fsp3) is 0.545. The average molecular weight is 341 g/mol. The van der Waals surface area contributed by atoms with E-state index >= 15 is 0 Å². The van der Waals surface area contributed by atoms with Crippen LogP contribution in [0.4, 0.5) is 0 Å². The molecule has 24 heavy (non-hydrogen) atoms. The zero-order valence-corrected chi connectivity index (χ0v) is 17.0. The minimum atomic E-state index is -1.57. The van der Waals surface area contributed by atoms with E-state index in [-0.39, 0.29) is 0 Å². The van der Waals surface area contributed by atoms with E-state index in [1.54, 1.807) is 0 Å². The molecule has 1 heterocycles. The summed E-state index contributed by atoms with van der Waals surface area (Å²) in [5, 5.41) is 0.302. The largest absolute Gasteiger partial charge is 0.497 e. The summed E-state index contributed by atoms with van der Waals surface area (Å²) in [6, 6.07) is 10.7. The van der Waals surface area contributed by atoms with Crippen LogP contribution in [0.1, 0.15) is 52.0 Å². The summed E-state index contributed by atoms with van der Waals surface area (Å²) in [6.45, 7) is 12.6. The lowest BCUT2D eigenvalue weighted by Crippen LogP contribution is -2.35. The fourth-order valence-electron chi connectivity index (χ4n) is 2.54. The topological polar surface area (TPSA) is 9.23 Å². The Labute approximate surface area is 149 Å². The highest BCUT2D eigenvalue weighted by atomic mass is 28.3. The molecule has 2 heteroatoms. The van der Waals surface area contributed by atoms with Crippen molar-refractivity contribution in [1.82, 2.24) is 0 Å². The second-order valence-corrected chi connectivity index (χ2v) is 13.3. The maximum absolute atomic E-state index is 5.86. The van der Waals surface area contributed by atoms with Crippen LogP contribution < -0.4 is 0 Å². The molecule has 2 rings (SSSR count). The van der Waals surface area contributed by atoms with Gasteiger partial charge in [-0.25, -0.2) is 0 Å². The standard InChI is InChI=1S/C22H32OSi/c1-22(2,3)24(4,5)18-16-20(21-15-10-17-23-21)14-9-13-19-11-7-6-8-12-19/h6-8,11-12H,9-10,13-15,17H2,1-5H3/b21-20+. The van der Waals surface area contributed by atoms with Crippen LogP contribution in [-0.4, -0.2) is 14.7 Å². The summed E-state index contributed by atoms with van der Waals surface area (Å²) in [7, 11) is -1.57. The Kier molecular flexibility index (Phi) is 6.35. The van der Waals surface area contributed by atoms with Gasteiger partial charge in [0, 0.05) is 12.0 Å². The molecular weight excluding hydrogens is 308 g/mol. The van der Waals surface area contributed by atoms with Gasteiger partial charge < -0.3 is 4.74 Å². The van der Waals surface area contributed by atoms with Gasteiger partial charge in [0.2, 0.25) is 0 Å². The molecule has 1 fully saturated rings. The minimum Gasteiger partial charge on any atom is -0.497 e. The summed E-state index contributed by atoms with van der Waals surface area (Å²) in [5.41, 5.74) is 6.34. The van der Waals surface area contributed by atoms with Crippen molar-refractivity contribution in [2.45, 2.75) is 71.0 Å². The Balaban J connectivity index is 2.09. The monoisotopic (exact) mass is 340 g/mol. The Bertz CT molecular complexity index is 615. The molecule has 1 aromatic rings. The van der Waals surface area contributed by atoms with Gasteiger partial charge in [-0.3, -0.25) is 0 Å². The van der Waals surface area contributed by atoms with E-state index in [4.69, 9.17) is 4.74 Å². The van der Waals surface area contributed by atoms with Gasteiger partial charge in [-0.1, -0.05) is 70.1 Å². The van der Waals surface area contributed by atoms with Crippen molar-refractivity contribution in [2.24, 2.45) is 0 Å². The molecule has 1 nitrogen and oxygen atoms in total. The smallest absolute Gasteiger partial charge is 0.138 e. The molecule has 1 aliphatic heterocycles. The molecule has 130 valence electrons. The fourth-order valence-corrected chi connectivity index (χ4v) is 3.38. The highest BCUT2D eigenvalue weighted by Gasteiger charge is 2.33. The number of allylic oxidation sites excluding steroid dienone is 2. The van der Waals surface area contributed by atoms with Crippen LogP contribution in [0.25, 0.3) is 0 Å². The van der Waals surface area contributed by atoms with E-state index in [0.717, 1.165) is 44.5 Å². The average Bonchev–Trinajstić information content (AvgIpc) is 3.04. The molecular formula is C22H32OSi. The molecule has 1 aliphatic rings. The van der Waals surface area contributed by atoms with Gasteiger partial charge in [-0.2, -0.15) is 0 Å². The number of hydrogen-bond acceptors (Lipinski definition) is 1. The van der Waals surface area contributed by atoms with Gasteiger partial charge in [-0.05, 0) is 36.3 Å². The predicted molar refractivity (Wildman–Crippen MR) is 107 cm³/mol. The SMILES string of the molecule is CC(C)(C)[Si](C)(C)C#C/C(CCCc1ccccc1)=C1\CCCO1. The van der Waals surface area contributed by atoms with E-state index in [2.05, 4.69) is 75.7 Å². The lowest BCUT2D eigenvalue weighted by Gasteiger charge is -2.31. The third-order valence-corrected chi connectivity index (χ3v) is 9.80. The first-order chi connectivity index (χ1) is 11.3. The summed E-state index contributed by atoms with van der Waals surface area (Å²) >= 11 is 0. The second kappa shape index (κ2) is 8.08. The first-order valence-corrected chi connectivity index (χ1v) is 12.2. The van der Waals surface area contributed by atoms with Crippen molar-refractivity contribution >= 4 is 8.07 Å². The van der Waals surface area contributed by atoms with Gasteiger partial charge in [0.25, 0.3) is 0 Å². The zero-order chi connectivity index (χ0) is 17.6. The molecule has 0 aromatic heterocycles. The second-order valence-electron chi connectivity index (χ2n) is 8.32. The molecule has 0 radical (unpaired) electrons. The zero-order valence-electron chi connectivity index (χ0n) is 16.0. The lowest BCUT2D eigenvalue weighted by atomic mass is 10.0. The summed E-state index contributed by atoms with van der Waals surface area (Å²) < 4.78 is 5.86. The molecule has 0 amide bonds. The highest BCUT2D eigenvalue weighted by Crippen LogP contribution is 2.35. The van der Waals surface area contributed by atoms with E-state index in [1.165, 1.54) is 11.1 Å². The first-order valence-electron chi connectivity index (χ1n) is 9.21. The predicted octanol–water partition coefficient (Wildman–Crippen LogP) is 6.12. The lowest BCUT2D eigenvalue weighted by molar-refractivity contribution is 0.260. The summed E-state index contributed by atoms with van der Waals surface area (Å²) in [4.78, 5) is 0. The van der Waals surface area contributed by atoms with Gasteiger partial charge in [-0.15, -0.1) is 5.54 Å². The van der Waals surface area contributed by atoms with Crippen molar-refractivity contribution in [3.8, 4) is 11.5 Å². The number of hydrogen-bond donors (Lipinski definition) is 0. The molecule has 0 bridgehead atoms. The van der Waals surface area contributed by atoms with Crippen LogP contribution in [0.3, 0.4) is 0 Å². The number of aryl methyl sites for hydroxylation is 1. The molecule has 1 saturated heterocycles. The quantitative estimate of drug-likeness (QED) is 0.473. The first kappa shape index (κ1) is 18.9. The maximum atomic E-state index is 5.86. The van der Waals surface area contributed by atoms with E-state index in [0.29, 0.717) is 5.04 Å². The number of benzene rings is 1. The van der Waals surface area contributed by atoms with Crippen LogP contribution in [0.5, 0.6) is 0 Å². The number of rotatable bonds is 4. The van der Waals surface area contributed by atoms with Gasteiger partial charge in [0.1, 0.15) is 13.8 Å². The van der Waals surface area contributed by atoms with Crippen molar-refractivity contribution in [3.63, 3.8) is 0 Å². The van der Waals surface area contributed by atoms with Crippen LogP contribution in [0, 0.1) is 11.5 Å². The molecule has 0 aliphatic carbocycles. The van der Waals surface area contributed by atoms with Crippen molar-refractivity contribution in [3.05, 3.63) is 47.2 Å². The molecule has 0 atom stereocenters. The number of ether oxygens (including phenoxy) is 1. The molecule has 0 spiro atoms. The van der Waals surface area contributed by atoms with Crippen LogP contribution in [0.15, 0.2) is 41.7 Å². The highest BCUT2D eigenvalue weighted by molar-refractivity contribution is 6.87. The Morgan fingerprint density at radius 1 is 1.17 bits per heavy atom.